The van der Waals surface area contributed by atoms with E-state index in [0.717, 1.165) is 0 Å². The van der Waals surface area contributed by atoms with Gasteiger partial charge in [0.2, 0.25) is 5.91 Å². The van der Waals surface area contributed by atoms with Crippen LogP contribution >= 0.6 is 0 Å². The standard InChI is InChI=1S/C14H21N3O4/c1-9(2)8-15-14(18)10(3)16-11-5-12(17(19)20)7-13(6-11)21-4/h5-7,9-10,16H,8H2,1-4H3,(H,15,18). The number of methoxy groups -OCH3 is 1. The molecule has 2 N–H and O–H groups in total. The number of nitrogens with one attached hydrogen (secondary N) is 2. The van der Waals surface area contributed by atoms with Crippen LogP contribution in [-0.2, 0) is 4.79 Å². The van der Waals surface area contributed by atoms with Crippen molar-refractivity contribution in [3.8, 4) is 5.75 Å². The fourth-order valence-corrected chi connectivity index (χ4v) is 1.66. The maximum absolute atomic E-state index is 11.9. The fraction of sp³-hybridized carbons (Fsp3) is 0.500. The molecule has 0 aliphatic rings. The Balaban J connectivity index is 2.79. The SMILES string of the molecule is COc1cc(NC(C)C(=O)NCC(C)C)cc([N+](=O)[O-])c1. The zero-order valence-corrected chi connectivity index (χ0v) is 12.7. The second-order valence-corrected chi connectivity index (χ2v) is 5.18. The zero-order chi connectivity index (χ0) is 16.0. The number of rotatable bonds is 7. The Kier molecular flexibility index (Phi) is 5.95. The summed E-state index contributed by atoms with van der Waals surface area (Å²) in [5.74, 6) is 0.565. The summed E-state index contributed by atoms with van der Waals surface area (Å²) in [6, 6.07) is 3.80. The van der Waals surface area contributed by atoms with Crippen molar-refractivity contribution in [1.82, 2.24) is 5.32 Å². The van der Waals surface area contributed by atoms with Gasteiger partial charge in [-0.15, -0.1) is 0 Å². The van der Waals surface area contributed by atoms with E-state index in [1.807, 2.05) is 13.8 Å². The predicted octanol–water partition coefficient (Wildman–Crippen LogP) is 2.18. The summed E-state index contributed by atoms with van der Waals surface area (Å²) < 4.78 is 5.02. The van der Waals surface area contributed by atoms with E-state index >= 15 is 0 Å². The van der Waals surface area contributed by atoms with E-state index in [2.05, 4.69) is 10.6 Å². The molecule has 21 heavy (non-hydrogen) atoms. The Morgan fingerprint density at radius 3 is 2.52 bits per heavy atom. The minimum atomic E-state index is -0.504. The number of hydrogen-bond donors (Lipinski definition) is 2. The Morgan fingerprint density at radius 1 is 1.33 bits per heavy atom. The van der Waals surface area contributed by atoms with Gasteiger partial charge in [0.1, 0.15) is 11.8 Å². The van der Waals surface area contributed by atoms with Gasteiger partial charge in [-0.1, -0.05) is 13.8 Å². The van der Waals surface area contributed by atoms with Crippen molar-refractivity contribution >= 4 is 17.3 Å². The lowest BCUT2D eigenvalue weighted by Gasteiger charge is -2.16. The number of nitrogens with zero attached hydrogens (tertiary/aromatic N) is 1. The molecule has 116 valence electrons. The molecule has 1 unspecified atom stereocenters. The molecule has 1 aromatic rings. The molecule has 0 spiro atoms. The van der Waals surface area contributed by atoms with Crippen LogP contribution in [0.1, 0.15) is 20.8 Å². The van der Waals surface area contributed by atoms with E-state index in [1.165, 1.54) is 19.2 Å². The Hall–Kier alpha value is -2.31. The van der Waals surface area contributed by atoms with Gasteiger partial charge in [-0.25, -0.2) is 0 Å². The molecular formula is C14H21N3O4. The number of carbonyl (C=O) groups excluding carboxylic acids is 1. The summed E-state index contributed by atoms with van der Waals surface area (Å²) in [5, 5.41) is 16.6. The zero-order valence-electron chi connectivity index (χ0n) is 12.7. The number of ether oxygens (including phenoxy) is 1. The first-order chi connectivity index (χ1) is 9.83. The highest BCUT2D eigenvalue weighted by molar-refractivity contribution is 5.84. The third-order valence-electron chi connectivity index (χ3n) is 2.80. The fourth-order valence-electron chi connectivity index (χ4n) is 1.66. The van der Waals surface area contributed by atoms with Crippen LogP contribution in [0.15, 0.2) is 18.2 Å². The lowest BCUT2D eigenvalue weighted by atomic mass is 10.2. The van der Waals surface area contributed by atoms with Crippen LogP contribution in [0.4, 0.5) is 11.4 Å². The van der Waals surface area contributed by atoms with Gasteiger partial charge in [0, 0.05) is 24.4 Å². The highest BCUT2D eigenvalue weighted by Gasteiger charge is 2.15. The van der Waals surface area contributed by atoms with Gasteiger partial charge >= 0.3 is 0 Å². The predicted molar refractivity (Wildman–Crippen MR) is 80.6 cm³/mol. The van der Waals surface area contributed by atoms with E-state index in [9.17, 15) is 14.9 Å². The largest absolute Gasteiger partial charge is 0.496 e. The number of amides is 1. The van der Waals surface area contributed by atoms with Crippen LogP contribution < -0.4 is 15.4 Å². The summed E-state index contributed by atoms with van der Waals surface area (Å²) >= 11 is 0. The molecule has 0 saturated heterocycles. The molecular weight excluding hydrogens is 274 g/mol. The van der Waals surface area contributed by atoms with Crippen molar-refractivity contribution < 1.29 is 14.5 Å². The average Bonchev–Trinajstić information content (AvgIpc) is 2.43. The van der Waals surface area contributed by atoms with E-state index < -0.39 is 11.0 Å². The summed E-state index contributed by atoms with van der Waals surface area (Å²) in [6.07, 6.45) is 0. The van der Waals surface area contributed by atoms with Crippen LogP contribution in [0.3, 0.4) is 0 Å². The summed E-state index contributed by atoms with van der Waals surface area (Å²) in [7, 11) is 1.43. The maximum Gasteiger partial charge on any atom is 0.275 e. The van der Waals surface area contributed by atoms with Crippen molar-refractivity contribution in [3.63, 3.8) is 0 Å². The lowest BCUT2D eigenvalue weighted by Crippen LogP contribution is -2.39. The number of carbonyl (C=O) groups is 1. The van der Waals surface area contributed by atoms with Crippen molar-refractivity contribution in [1.29, 1.82) is 0 Å². The number of hydrogen-bond acceptors (Lipinski definition) is 5. The molecule has 1 amide bonds. The van der Waals surface area contributed by atoms with Gasteiger partial charge in [-0.05, 0) is 12.8 Å². The molecule has 0 aromatic heterocycles. The second-order valence-electron chi connectivity index (χ2n) is 5.18. The summed E-state index contributed by atoms with van der Waals surface area (Å²) in [6.45, 7) is 6.29. The quantitative estimate of drug-likeness (QED) is 0.594. The molecule has 1 rings (SSSR count). The molecule has 0 fully saturated rings. The van der Waals surface area contributed by atoms with E-state index in [-0.39, 0.29) is 11.6 Å². The Labute approximate surface area is 123 Å². The number of non-ortho nitro benzene ring substituents is 1. The summed E-state index contributed by atoms with van der Waals surface area (Å²) in [5.41, 5.74) is 0.375. The monoisotopic (exact) mass is 295 g/mol. The normalized spacial score (nSPS) is 11.9. The molecule has 1 aromatic carbocycles. The highest BCUT2D eigenvalue weighted by Crippen LogP contribution is 2.26. The van der Waals surface area contributed by atoms with Crippen LogP contribution in [-0.4, -0.2) is 30.5 Å². The molecule has 0 heterocycles. The van der Waals surface area contributed by atoms with Crippen LogP contribution in [0.2, 0.25) is 0 Å². The van der Waals surface area contributed by atoms with Crippen molar-refractivity contribution in [2.45, 2.75) is 26.8 Å². The van der Waals surface area contributed by atoms with Crippen molar-refractivity contribution in [2.75, 3.05) is 19.0 Å². The summed E-state index contributed by atoms with van der Waals surface area (Å²) in [4.78, 5) is 22.2. The maximum atomic E-state index is 11.9. The smallest absolute Gasteiger partial charge is 0.275 e. The number of benzene rings is 1. The van der Waals surface area contributed by atoms with Crippen LogP contribution in [0.5, 0.6) is 5.75 Å². The van der Waals surface area contributed by atoms with Crippen LogP contribution in [0.25, 0.3) is 0 Å². The third kappa shape index (κ3) is 5.29. The van der Waals surface area contributed by atoms with Crippen molar-refractivity contribution in [2.24, 2.45) is 5.92 Å². The number of anilines is 1. The molecule has 0 bridgehead atoms. The van der Waals surface area contributed by atoms with Crippen molar-refractivity contribution in [3.05, 3.63) is 28.3 Å². The second kappa shape index (κ2) is 7.47. The van der Waals surface area contributed by atoms with Gasteiger partial charge in [0.15, 0.2) is 0 Å². The van der Waals surface area contributed by atoms with E-state index in [4.69, 9.17) is 4.74 Å². The topological polar surface area (TPSA) is 93.5 Å². The third-order valence-corrected chi connectivity index (χ3v) is 2.80. The first-order valence-electron chi connectivity index (χ1n) is 6.71. The highest BCUT2D eigenvalue weighted by atomic mass is 16.6. The molecule has 1 atom stereocenters. The Bertz CT molecular complexity index is 517. The van der Waals surface area contributed by atoms with Gasteiger partial charge in [-0.3, -0.25) is 14.9 Å². The number of nitro benzene ring substituents is 1. The van der Waals surface area contributed by atoms with Gasteiger partial charge in [0.25, 0.3) is 5.69 Å². The van der Waals surface area contributed by atoms with Gasteiger partial charge < -0.3 is 15.4 Å². The molecule has 0 aliphatic heterocycles. The van der Waals surface area contributed by atoms with E-state index in [1.54, 1.807) is 13.0 Å². The van der Waals surface area contributed by atoms with Crippen LogP contribution in [0, 0.1) is 16.0 Å². The minimum Gasteiger partial charge on any atom is -0.496 e. The Morgan fingerprint density at radius 2 is 2.00 bits per heavy atom. The molecule has 7 heteroatoms. The lowest BCUT2D eigenvalue weighted by molar-refractivity contribution is -0.384. The first-order valence-corrected chi connectivity index (χ1v) is 6.71. The molecule has 7 nitrogen and oxygen atoms in total. The van der Waals surface area contributed by atoms with Gasteiger partial charge in [0.05, 0.1) is 18.1 Å². The first kappa shape index (κ1) is 16.7. The van der Waals surface area contributed by atoms with Gasteiger partial charge in [-0.2, -0.15) is 0 Å². The number of nitro groups is 1. The van der Waals surface area contributed by atoms with E-state index in [0.29, 0.717) is 23.9 Å². The molecule has 0 saturated carbocycles. The molecule has 0 radical (unpaired) electrons. The average molecular weight is 295 g/mol. The molecule has 0 aliphatic carbocycles. The minimum absolute atomic E-state index is 0.0911.